The molecule has 2 aromatic rings. The van der Waals surface area contributed by atoms with Gasteiger partial charge < -0.3 is 15.7 Å². The second kappa shape index (κ2) is 8.41. The highest BCUT2D eigenvalue weighted by Crippen LogP contribution is 2.24. The first-order valence-electron chi connectivity index (χ1n) is 7.59. The van der Waals surface area contributed by atoms with Gasteiger partial charge in [0.25, 0.3) is 17.5 Å². The molecule has 2 amide bonds. The van der Waals surface area contributed by atoms with Gasteiger partial charge in [-0.25, -0.2) is 0 Å². The fraction of sp³-hybridized carbons (Fsp3) is 0.176. The minimum atomic E-state index is -0.616. The van der Waals surface area contributed by atoms with Crippen LogP contribution in [0.3, 0.4) is 0 Å². The van der Waals surface area contributed by atoms with Gasteiger partial charge in [-0.1, -0.05) is 23.7 Å². The maximum Gasteiger partial charge on any atom is 0.270 e. The molecule has 0 aromatic heterocycles. The molecule has 0 bridgehead atoms. The summed E-state index contributed by atoms with van der Waals surface area (Å²) in [6.45, 7) is 1.41. The molecule has 8 nitrogen and oxygen atoms in total. The highest BCUT2D eigenvalue weighted by molar-refractivity contribution is 6.34. The van der Waals surface area contributed by atoms with E-state index in [0.717, 1.165) is 6.07 Å². The van der Waals surface area contributed by atoms with Crippen LogP contribution in [-0.4, -0.2) is 34.5 Å². The lowest BCUT2D eigenvalue weighted by Crippen LogP contribution is -2.35. The third-order valence-electron chi connectivity index (χ3n) is 3.48. The number of rotatable bonds is 6. The molecular weight excluding hydrogens is 362 g/mol. The number of nitrogens with one attached hydrogen (secondary N) is 2. The number of carbonyl (C=O) groups excluding carboxylic acids is 2. The zero-order chi connectivity index (χ0) is 19.3. The van der Waals surface area contributed by atoms with Gasteiger partial charge in [0.15, 0.2) is 0 Å². The summed E-state index contributed by atoms with van der Waals surface area (Å²) in [5.74, 6) is -1.07. The third-order valence-corrected chi connectivity index (χ3v) is 3.79. The first-order valence-corrected chi connectivity index (χ1v) is 7.97. The van der Waals surface area contributed by atoms with Gasteiger partial charge in [0.2, 0.25) is 0 Å². The van der Waals surface area contributed by atoms with E-state index in [1.807, 2.05) is 0 Å². The molecule has 1 unspecified atom stereocenters. The van der Waals surface area contributed by atoms with Crippen molar-refractivity contribution in [1.82, 2.24) is 5.32 Å². The number of benzene rings is 2. The number of nitro groups is 1. The number of non-ortho nitro benzene ring substituents is 1. The van der Waals surface area contributed by atoms with Gasteiger partial charge in [0.05, 0.1) is 33.4 Å². The fourth-order valence-corrected chi connectivity index (χ4v) is 2.39. The van der Waals surface area contributed by atoms with Gasteiger partial charge in [0.1, 0.15) is 0 Å². The monoisotopic (exact) mass is 377 g/mol. The molecule has 0 saturated heterocycles. The number of halogens is 1. The summed E-state index contributed by atoms with van der Waals surface area (Å²) in [5, 5.41) is 24.9. The Labute approximate surface area is 153 Å². The van der Waals surface area contributed by atoms with Crippen molar-refractivity contribution in [3.63, 3.8) is 0 Å². The molecule has 3 N–H and O–H groups in total. The van der Waals surface area contributed by atoms with Crippen LogP contribution in [-0.2, 0) is 0 Å². The van der Waals surface area contributed by atoms with Crippen LogP contribution in [0.4, 0.5) is 11.4 Å². The number of aliphatic hydroxyl groups is 1. The van der Waals surface area contributed by atoms with Crippen LogP contribution in [0.1, 0.15) is 27.6 Å². The zero-order valence-corrected chi connectivity index (χ0v) is 14.5. The zero-order valence-electron chi connectivity index (χ0n) is 13.7. The van der Waals surface area contributed by atoms with Gasteiger partial charge in [-0.3, -0.25) is 19.7 Å². The normalized spacial score (nSPS) is 11.5. The summed E-state index contributed by atoms with van der Waals surface area (Å²) in [7, 11) is 0. The predicted octanol–water partition coefficient (Wildman–Crippen LogP) is 2.61. The second-order valence-corrected chi connectivity index (χ2v) is 5.89. The largest absolute Gasteiger partial charge is 0.394 e. The molecule has 0 aliphatic heterocycles. The lowest BCUT2D eigenvalue weighted by molar-refractivity contribution is -0.384. The van der Waals surface area contributed by atoms with E-state index in [4.69, 9.17) is 16.7 Å². The van der Waals surface area contributed by atoms with Crippen molar-refractivity contribution in [2.75, 3.05) is 11.9 Å². The first-order chi connectivity index (χ1) is 12.3. The number of aliphatic hydroxyl groups excluding tert-OH is 1. The standard InChI is InChI=1S/C17H16ClN3O5/c1-10(9-22)19-17(24)13-4-2-3-5-15(13)20-16(23)12-7-6-11(21(25)26)8-14(12)18/h2-8,10,22H,9H2,1H3,(H,19,24)(H,20,23). The molecule has 136 valence electrons. The number of nitro benzene ring substituents is 1. The van der Waals surface area contributed by atoms with Gasteiger partial charge in [0, 0.05) is 18.2 Å². The van der Waals surface area contributed by atoms with E-state index in [1.165, 1.54) is 24.3 Å². The Hall–Kier alpha value is -2.97. The summed E-state index contributed by atoms with van der Waals surface area (Å²) < 4.78 is 0. The molecule has 2 aromatic carbocycles. The maximum atomic E-state index is 12.4. The van der Waals surface area contributed by atoms with Crippen molar-refractivity contribution < 1.29 is 19.6 Å². The van der Waals surface area contributed by atoms with Crippen LogP contribution < -0.4 is 10.6 Å². The Morgan fingerprint density at radius 3 is 2.50 bits per heavy atom. The lowest BCUT2D eigenvalue weighted by atomic mass is 10.1. The summed E-state index contributed by atoms with van der Waals surface area (Å²) >= 11 is 5.95. The summed E-state index contributed by atoms with van der Waals surface area (Å²) in [6, 6.07) is 9.37. The van der Waals surface area contributed by atoms with Crippen LogP contribution in [0, 0.1) is 10.1 Å². The van der Waals surface area contributed by atoms with Gasteiger partial charge in [-0.05, 0) is 25.1 Å². The minimum absolute atomic E-state index is 0.0382. The van der Waals surface area contributed by atoms with Crippen LogP contribution in [0.2, 0.25) is 5.02 Å². The molecule has 1 atom stereocenters. The van der Waals surface area contributed by atoms with Gasteiger partial charge >= 0.3 is 0 Å². The second-order valence-electron chi connectivity index (χ2n) is 5.48. The molecule has 0 fully saturated rings. The minimum Gasteiger partial charge on any atom is -0.394 e. The Morgan fingerprint density at radius 2 is 1.88 bits per heavy atom. The molecule has 2 rings (SSSR count). The fourth-order valence-electron chi connectivity index (χ4n) is 2.13. The van der Waals surface area contributed by atoms with Crippen molar-refractivity contribution in [2.45, 2.75) is 13.0 Å². The van der Waals surface area contributed by atoms with E-state index < -0.39 is 22.8 Å². The van der Waals surface area contributed by atoms with Crippen LogP contribution >= 0.6 is 11.6 Å². The van der Waals surface area contributed by atoms with Crippen molar-refractivity contribution >= 4 is 34.8 Å². The molecule has 0 spiro atoms. The van der Waals surface area contributed by atoms with Crippen LogP contribution in [0.5, 0.6) is 0 Å². The van der Waals surface area contributed by atoms with E-state index in [-0.39, 0.29) is 34.1 Å². The van der Waals surface area contributed by atoms with E-state index in [2.05, 4.69) is 10.6 Å². The topological polar surface area (TPSA) is 122 Å². The lowest BCUT2D eigenvalue weighted by Gasteiger charge is -2.14. The Balaban J connectivity index is 2.25. The Bertz CT molecular complexity index is 856. The average molecular weight is 378 g/mol. The SMILES string of the molecule is CC(CO)NC(=O)c1ccccc1NC(=O)c1ccc([N+](=O)[O-])cc1Cl. The summed E-state index contributed by atoms with van der Waals surface area (Å²) in [6.07, 6.45) is 0. The first kappa shape index (κ1) is 19.4. The van der Waals surface area contributed by atoms with Crippen molar-refractivity contribution in [3.8, 4) is 0 Å². The number of para-hydroxylation sites is 1. The number of carbonyl (C=O) groups is 2. The molecule has 26 heavy (non-hydrogen) atoms. The summed E-state index contributed by atoms with van der Waals surface area (Å²) in [4.78, 5) is 34.8. The average Bonchev–Trinajstić information content (AvgIpc) is 2.61. The number of hydrogen-bond acceptors (Lipinski definition) is 5. The third kappa shape index (κ3) is 4.56. The molecule has 0 heterocycles. The molecule has 0 radical (unpaired) electrons. The summed E-state index contributed by atoms with van der Waals surface area (Å²) in [5.41, 5.74) is 0.259. The highest BCUT2D eigenvalue weighted by atomic mass is 35.5. The molecule has 0 saturated carbocycles. The van der Waals surface area contributed by atoms with Gasteiger partial charge in [-0.2, -0.15) is 0 Å². The molecule has 0 aliphatic rings. The number of nitrogens with zero attached hydrogens (tertiary/aromatic N) is 1. The molecule has 9 heteroatoms. The number of hydrogen-bond donors (Lipinski definition) is 3. The Morgan fingerprint density at radius 1 is 1.19 bits per heavy atom. The number of amides is 2. The van der Waals surface area contributed by atoms with Crippen LogP contribution in [0.15, 0.2) is 42.5 Å². The molecule has 0 aliphatic carbocycles. The maximum absolute atomic E-state index is 12.4. The van der Waals surface area contributed by atoms with E-state index >= 15 is 0 Å². The van der Waals surface area contributed by atoms with Crippen molar-refractivity contribution in [2.24, 2.45) is 0 Å². The predicted molar refractivity (Wildman–Crippen MR) is 96.5 cm³/mol. The quantitative estimate of drug-likeness (QED) is 0.527. The van der Waals surface area contributed by atoms with Crippen molar-refractivity contribution in [3.05, 3.63) is 68.7 Å². The van der Waals surface area contributed by atoms with E-state index in [1.54, 1.807) is 19.1 Å². The van der Waals surface area contributed by atoms with Crippen molar-refractivity contribution in [1.29, 1.82) is 0 Å². The van der Waals surface area contributed by atoms with E-state index in [0.29, 0.717) is 0 Å². The molecular formula is C17H16ClN3O5. The Kier molecular flexibility index (Phi) is 6.26. The van der Waals surface area contributed by atoms with Gasteiger partial charge in [-0.15, -0.1) is 0 Å². The highest BCUT2D eigenvalue weighted by Gasteiger charge is 2.18. The van der Waals surface area contributed by atoms with Crippen LogP contribution in [0.25, 0.3) is 0 Å². The smallest absolute Gasteiger partial charge is 0.270 e. The number of anilines is 1. The van der Waals surface area contributed by atoms with E-state index in [9.17, 15) is 19.7 Å².